The summed E-state index contributed by atoms with van der Waals surface area (Å²) in [6.07, 6.45) is 22.5. The lowest BCUT2D eigenvalue weighted by Gasteiger charge is -2.05. The van der Waals surface area contributed by atoms with Gasteiger partial charge >= 0.3 is 0 Å². The van der Waals surface area contributed by atoms with E-state index in [0.29, 0.717) is 0 Å². The second-order valence-electron chi connectivity index (χ2n) is 6.62. The Kier molecular flexibility index (Phi) is 18.1. The number of hydrogen-bond acceptors (Lipinski definition) is 1. The van der Waals surface area contributed by atoms with E-state index in [1.54, 1.807) is 0 Å². The summed E-state index contributed by atoms with van der Waals surface area (Å²) in [5.41, 5.74) is 0. The van der Waals surface area contributed by atoms with E-state index in [-0.39, 0.29) is 0 Å². The first-order chi connectivity index (χ1) is 10.8. The molecular formula is C20H42N2. The Morgan fingerprint density at radius 2 is 1.00 bits per heavy atom. The van der Waals surface area contributed by atoms with Crippen LogP contribution in [-0.4, -0.2) is 19.9 Å². The first kappa shape index (κ1) is 21.5. The summed E-state index contributed by atoms with van der Waals surface area (Å²) >= 11 is 0. The molecule has 0 aliphatic rings. The molecule has 0 aliphatic carbocycles. The molecule has 0 rings (SSSR count). The van der Waals surface area contributed by atoms with Crippen molar-refractivity contribution in [1.82, 2.24) is 5.32 Å². The van der Waals surface area contributed by atoms with Crippen LogP contribution in [-0.2, 0) is 0 Å². The van der Waals surface area contributed by atoms with Gasteiger partial charge in [0.25, 0.3) is 0 Å². The van der Waals surface area contributed by atoms with Gasteiger partial charge in [0.1, 0.15) is 0 Å². The van der Waals surface area contributed by atoms with E-state index in [1.807, 2.05) is 14.1 Å². The van der Waals surface area contributed by atoms with Gasteiger partial charge in [0.15, 0.2) is 0 Å². The van der Waals surface area contributed by atoms with E-state index in [4.69, 9.17) is 0 Å². The van der Waals surface area contributed by atoms with Gasteiger partial charge in [-0.05, 0) is 6.42 Å². The van der Waals surface area contributed by atoms with Crippen molar-refractivity contribution in [2.45, 2.75) is 110 Å². The zero-order valence-electron chi connectivity index (χ0n) is 15.8. The minimum absolute atomic E-state index is 1.12. The number of nitrogens with one attached hydrogen (secondary N) is 1. The molecule has 22 heavy (non-hydrogen) atoms. The number of rotatable bonds is 16. The lowest BCUT2D eigenvalue weighted by atomic mass is 10.0. The van der Waals surface area contributed by atoms with Crippen LogP contribution in [0.2, 0.25) is 0 Å². The highest BCUT2D eigenvalue weighted by atomic mass is 14.9. The van der Waals surface area contributed by atoms with Crippen LogP contribution in [0.5, 0.6) is 0 Å². The Morgan fingerprint density at radius 1 is 0.636 bits per heavy atom. The molecule has 0 aromatic heterocycles. The molecule has 2 nitrogen and oxygen atoms in total. The summed E-state index contributed by atoms with van der Waals surface area (Å²) in [7, 11) is 3.84. The van der Waals surface area contributed by atoms with Crippen molar-refractivity contribution >= 4 is 5.84 Å². The van der Waals surface area contributed by atoms with Crippen LogP contribution in [0.3, 0.4) is 0 Å². The molecule has 1 N–H and O–H groups in total. The van der Waals surface area contributed by atoms with Crippen LogP contribution >= 0.6 is 0 Å². The second-order valence-corrected chi connectivity index (χ2v) is 6.62. The maximum absolute atomic E-state index is 4.22. The predicted molar refractivity (Wildman–Crippen MR) is 102 cm³/mol. The first-order valence-corrected chi connectivity index (χ1v) is 9.98. The van der Waals surface area contributed by atoms with Crippen molar-refractivity contribution in [2.75, 3.05) is 14.1 Å². The van der Waals surface area contributed by atoms with Crippen LogP contribution < -0.4 is 5.32 Å². The molecule has 0 fully saturated rings. The second kappa shape index (κ2) is 18.5. The Bertz CT molecular complexity index is 236. The smallest absolute Gasteiger partial charge is 0.0956 e. The SMILES string of the molecule is CCCCCCCCCCCCCCCCC/C(=N/C)NC. The van der Waals surface area contributed by atoms with Gasteiger partial charge in [0, 0.05) is 20.5 Å². The maximum Gasteiger partial charge on any atom is 0.0956 e. The van der Waals surface area contributed by atoms with Crippen molar-refractivity contribution in [3.05, 3.63) is 0 Å². The number of nitrogens with zero attached hydrogens (tertiary/aromatic N) is 1. The molecule has 2 heteroatoms. The minimum Gasteiger partial charge on any atom is -0.377 e. The summed E-state index contributed by atoms with van der Waals surface area (Å²) in [6.45, 7) is 2.29. The number of aliphatic imine (C=N–C) groups is 1. The molecule has 0 unspecified atom stereocenters. The quantitative estimate of drug-likeness (QED) is 0.196. The zero-order chi connectivity index (χ0) is 16.3. The Labute approximate surface area is 140 Å². The summed E-state index contributed by atoms with van der Waals surface area (Å²) < 4.78 is 0. The highest BCUT2D eigenvalue weighted by molar-refractivity contribution is 5.81. The van der Waals surface area contributed by atoms with Gasteiger partial charge in [-0.15, -0.1) is 0 Å². The van der Waals surface area contributed by atoms with Gasteiger partial charge < -0.3 is 5.32 Å². The predicted octanol–water partition coefficient (Wildman–Crippen LogP) is 6.50. The number of amidine groups is 1. The normalized spacial score (nSPS) is 11.9. The molecule has 0 saturated carbocycles. The summed E-state index contributed by atoms with van der Waals surface area (Å²) in [4.78, 5) is 4.22. The van der Waals surface area contributed by atoms with E-state index in [9.17, 15) is 0 Å². The van der Waals surface area contributed by atoms with Gasteiger partial charge in [0.05, 0.1) is 5.84 Å². The third kappa shape index (κ3) is 15.9. The van der Waals surface area contributed by atoms with Gasteiger partial charge in [-0.3, -0.25) is 4.99 Å². The van der Waals surface area contributed by atoms with E-state index in [1.165, 1.54) is 96.3 Å². The Balaban J connectivity index is 3.05. The van der Waals surface area contributed by atoms with Crippen molar-refractivity contribution < 1.29 is 0 Å². The topological polar surface area (TPSA) is 24.4 Å². The van der Waals surface area contributed by atoms with Gasteiger partial charge in [-0.2, -0.15) is 0 Å². The summed E-state index contributed by atoms with van der Waals surface area (Å²) in [5.74, 6) is 1.15. The molecule has 0 aromatic rings. The van der Waals surface area contributed by atoms with Crippen molar-refractivity contribution in [3.8, 4) is 0 Å². The van der Waals surface area contributed by atoms with Crippen LogP contribution in [0.4, 0.5) is 0 Å². The van der Waals surface area contributed by atoms with E-state index < -0.39 is 0 Å². The third-order valence-electron chi connectivity index (χ3n) is 4.58. The minimum atomic E-state index is 1.12. The average Bonchev–Trinajstić information content (AvgIpc) is 2.55. The molecular weight excluding hydrogens is 268 g/mol. The van der Waals surface area contributed by atoms with Crippen molar-refractivity contribution in [1.29, 1.82) is 0 Å². The largest absolute Gasteiger partial charge is 0.377 e. The molecule has 0 saturated heterocycles. The van der Waals surface area contributed by atoms with E-state index >= 15 is 0 Å². The van der Waals surface area contributed by atoms with Gasteiger partial charge in [-0.1, -0.05) is 96.8 Å². The van der Waals surface area contributed by atoms with Crippen LogP contribution in [0.25, 0.3) is 0 Å². The molecule has 0 amide bonds. The summed E-state index contributed by atoms with van der Waals surface area (Å²) in [6, 6.07) is 0. The monoisotopic (exact) mass is 310 g/mol. The average molecular weight is 311 g/mol. The lowest BCUT2D eigenvalue weighted by Crippen LogP contribution is -2.17. The molecule has 0 bridgehead atoms. The molecule has 132 valence electrons. The van der Waals surface area contributed by atoms with Crippen LogP contribution in [0.15, 0.2) is 4.99 Å². The molecule has 0 spiro atoms. The Morgan fingerprint density at radius 3 is 1.32 bits per heavy atom. The number of hydrogen-bond donors (Lipinski definition) is 1. The molecule has 0 aliphatic heterocycles. The number of unbranched alkanes of at least 4 members (excludes halogenated alkanes) is 14. The highest BCUT2D eigenvalue weighted by Crippen LogP contribution is 2.13. The van der Waals surface area contributed by atoms with Crippen molar-refractivity contribution in [2.24, 2.45) is 4.99 Å². The molecule has 0 radical (unpaired) electrons. The molecule has 0 atom stereocenters. The molecule has 0 heterocycles. The standard InChI is InChI=1S/C20H42N2/c1-4-5-6-7-8-9-10-11-12-13-14-15-16-17-18-19-20(21-2)22-3/h4-19H2,1-3H3,(H,21,22). The first-order valence-electron chi connectivity index (χ1n) is 9.98. The zero-order valence-corrected chi connectivity index (χ0v) is 15.8. The van der Waals surface area contributed by atoms with Crippen molar-refractivity contribution in [3.63, 3.8) is 0 Å². The summed E-state index contributed by atoms with van der Waals surface area (Å²) in [5, 5.41) is 3.15. The fourth-order valence-electron chi connectivity index (χ4n) is 3.01. The van der Waals surface area contributed by atoms with Crippen LogP contribution in [0.1, 0.15) is 110 Å². The maximum atomic E-state index is 4.22. The molecule has 0 aromatic carbocycles. The van der Waals surface area contributed by atoms with Gasteiger partial charge in [0.2, 0.25) is 0 Å². The van der Waals surface area contributed by atoms with E-state index in [2.05, 4.69) is 17.2 Å². The van der Waals surface area contributed by atoms with Crippen LogP contribution in [0, 0.1) is 0 Å². The Hall–Kier alpha value is -0.530. The third-order valence-corrected chi connectivity index (χ3v) is 4.58. The fourth-order valence-corrected chi connectivity index (χ4v) is 3.01. The van der Waals surface area contributed by atoms with E-state index in [0.717, 1.165) is 12.3 Å². The fraction of sp³-hybridized carbons (Fsp3) is 0.950. The van der Waals surface area contributed by atoms with Gasteiger partial charge in [-0.25, -0.2) is 0 Å². The lowest BCUT2D eigenvalue weighted by molar-refractivity contribution is 0.533. The highest BCUT2D eigenvalue weighted by Gasteiger charge is 1.96.